The summed E-state index contributed by atoms with van der Waals surface area (Å²) >= 11 is 0. The first-order valence-electron chi connectivity index (χ1n) is 9.54. The maximum absolute atomic E-state index is 4.23. The number of likely N-dealkylation sites (tertiary alicyclic amines) is 2. The van der Waals surface area contributed by atoms with Crippen molar-refractivity contribution >= 4 is 0 Å². The first kappa shape index (κ1) is 16.7. The van der Waals surface area contributed by atoms with Crippen molar-refractivity contribution in [1.82, 2.24) is 24.6 Å². The summed E-state index contributed by atoms with van der Waals surface area (Å²) in [5, 5.41) is 8.22. The first-order chi connectivity index (χ1) is 12.2. The van der Waals surface area contributed by atoms with E-state index in [0.717, 1.165) is 18.9 Å². The lowest BCUT2D eigenvalue weighted by molar-refractivity contribution is 0.0290. The molecule has 134 valence electrons. The van der Waals surface area contributed by atoms with Crippen LogP contribution in [0.2, 0.25) is 0 Å². The van der Waals surface area contributed by atoms with Gasteiger partial charge in [-0.05, 0) is 62.8 Å². The number of aryl methyl sites for hydroxylation is 1. The lowest BCUT2D eigenvalue weighted by Gasteiger charge is -2.47. The van der Waals surface area contributed by atoms with E-state index in [2.05, 4.69) is 50.3 Å². The number of piperidine rings is 2. The number of rotatable bonds is 4. The number of benzene rings is 1. The van der Waals surface area contributed by atoms with E-state index in [-0.39, 0.29) is 0 Å². The molecule has 2 aliphatic rings. The fourth-order valence-corrected chi connectivity index (χ4v) is 4.36. The highest BCUT2D eigenvalue weighted by Crippen LogP contribution is 2.41. The quantitative estimate of drug-likeness (QED) is 0.858. The summed E-state index contributed by atoms with van der Waals surface area (Å²) in [6.45, 7) is 6.94. The summed E-state index contributed by atoms with van der Waals surface area (Å²) in [5.41, 5.74) is 2.03. The number of aromatic nitrogens is 3. The van der Waals surface area contributed by atoms with Gasteiger partial charge in [0.25, 0.3) is 0 Å². The first-order valence-corrected chi connectivity index (χ1v) is 9.54. The molecular formula is C20H29N5. The second-order valence-electron chi connectivity index (χ2n) is 7.90. The van der Waals surface area contributed by atoms with Crippen molar-refractivity contribution in [3.8, 4) is 0 Å². The van der Waals surface area contributed by atoms with Gasteiger partial charge in [-0.2, -0.15) is 0 Å². The molecule has 5 nitrogen and oxygen atoms in total. The largest absolute Gasteiger partial charge is 0.320 e. The molecule has 4 rings (SSSR count). The van der Waals surface area contributed by atoms with E-state index in [0.29, 0.717) is 5.41 Å². The summed E-state index contributed by atoms with van der Waals surface area (Å²) in [7, 11) is 2.03. The molecule has 0 atom stereocenters. The van der Waals surface area contributed by atoms with Gasteiger partial charge >= 0.3 is 0 Å². The molecule has 0 radical (unpaired) electrons. The molecule has 1 aromatic carbocycles. The Kier molecular flexibility index (Phi) is 4.86. The standard InChI is InChI=1S/C20H29N5/c1-23-17-21-22-19(23)16-25-13-9-20(10-14-25)7-11-24(12-8-20)15-18-5-3-2-4-6-18/h2-6,17H,7-16H2,1H3. The van der Waals surface area contributed by atoms with Crippen molar-refractivity contribution in [3.63, 3.8) is 0 Å². The van der Waals surface area contributed by atoms with Crippen LogP contribution in [-0.2, 0) is 20.1 Å². The monoisotopic (exact) mass is 339 g/mol. The molecule has 0 amide bonds. The number of nitrogens with zero attached hydrogens (tertiary/aromatic N) is 5. The molecule has 2 fully saturated rings. The van der Waals surface area contributed by atoms with E-state index < -0.39 is 0 Å². The molecule has 1 aromatic heterocycles. The Hall–Kier alpha value is -1.72. The predicted molar refractivity (Wildman–Crippen MR) is 98.9 cm³/mol. The van der Waals surface area contributed by atoms with Crippen LogP contribution < -0.4 is 0 Å². The van der Waals surface area contributed by atoms with Gasteiger partial charge in [-0.1, -0.05) is 30.3 Å². The van der Waals surface area contributed by atoms with Gasteiger partial charge in [-0.3, -0.25) is 9.80 Å². The zero-order valence-electron chi connectivity index (χ0n) is 15.3. The van der Waals surface area contributed by atoms with Gasteiger partial charge in [0, 0.05) is 13.6 Å². The van der Waals surface area contributed by atoms with Gasteiger partial charge in [-0.25, -0.2) is 0 Å². The third kappa shape index (κ3) is 3.93. The van der Waals surface area contributed by atoms with Crippen molar-refractivity contribution in [1.29, 1.82) is 0 Å². The molecule has 2 aliphatic heterocycles. The summed E-state index contributed by atoms with van der Waals surface area (Å²) in [5.74, 6) is 1.08. The van der Waals surface area contributed by atoms with Crippen molar-refractivity contribution in [2.75, 3.05) is 26.2 Å². The molecule has 1 spiro atoms. The zero-order chi connectivity index (χ0) is 17.1. The average molecular weight is 339 g/mol. The number of hydrogen-bond donors (Lipinski definition) is 0. The van der Waals surface area contributed by atoms with Crippen LogP contribution in [0.15, 0.2) is 36.7 Å². The molecule has 0 bridgehead atoms. The molecule has 0 aliphatic carbocycles. The second-order valence-corrected chi connectivity index (χ2v) is 7.90. The third-order valence-corrected chi connectivity index (χ3v) is 6.25. The van der Waals surface area contributed by atoms with E-state index in [9.17, 15) is 0 Å². The minimum absolute atomic E-state index is 0.587. The van der Waals surface area contributed by atoms with Crippen LogP contribution in [0, 0.1) is 5.41 Å². The summed E-state index contributed by atoms with van der Waals surface area (Å²) in [4.78, 5) is 5.18. The van der Waals surface area contributed by atoms with Gasteiger partial charge in [0.1, 0.15) is 12.2 Å². The molecule has 2 saturated heterocycles. The number of hydrogen-bond acceptors (Lipinski definition) is 4. The Morgan fingerprint density at radius 2 is 1.48 bits per heavy atom. The van der Waals surface area contributed by atoms with Gasteiger partial charge < -0.3 is 4.57 Å². The van der Waals surface area contributed by atoms with E-state index in [1.807, 2.05) is 11.6 Å². The normalized spacial score (nSPS) is 21.6. The van der Waals surface area contributed by atoms with Crippen LogP contribution in [0.5, 0.6) is 0 Å². The van der Waals surface area contributed by atoms with Crippen LogP contribution in [-0.4, -0.2) is 50.7 Å². The molecule has 0 N–H and O–H groups in total. The minimum Gasteiger partial charge on any atom is -0.320 e. The molecule has 3 heterocycles. The topological polar surface area (TPSA) is 37.2 Å². The fraction of sp³-hybridized carbons (Fsp3) is 0.600. The van der Waals surface area contributed by atoms with Gasteiger partial charge in [-0.15, -0.1) is 10.2 Å². The van der Waals surface area contributed by atoms with E-state index in [1.54, 1.807) is 6.33 Å². The Bertz CT molecular complexity index is 662. The zero-order valence-corrected chi connectivity index (χ0v) is 15.3. The highest BCUT2D eigenvalue weighted by molar-refractivity contribution is 5.14. The summed E-state index contributed by atoms with van der Waals surface area (Å²) in [6.07, 6.45) is 7.19. The van der Waals surface area contributed by atoms with Crippen molar-refractivity contribution < 1.29 is 0 Å². The summed E-state index contributed by atoms with van der Waals surface area (Å²) < 4.78 is 2.03. The smallest absolute Gasteiger partial charge is 0.146 e. The lowest BCUT2D eigenvalue weighted by Crippen LogP contribution is -2.46. The Balaban J connectivity index is 1.26. The minimum atomic E-state index is 0.587. The third-order valence-electron chi connectivity index (χ3n) is 6.25. The highest BCUT2D eigenvalue weighted by atomic mass is 15.3. The Morgan fingerprint density at radius 3 is 2.04 bits per heavy atom. The van der Waals surface area contributed by atoms with Gasteiger partial charge in [0.2, 0.25) is 0 Å². The van der Waals surface area contributed by atoms with E-state index in [1.165, 1.54) is 57.4 Å². The molecule has 25 heavy (non-hydrogen) atoms. The Labute approximate surface area is 150 Å². The molecule has 5 heteroatoms. The van der Waals surface area contributed by atoms with Crippen LogP contribution >= 0.6 is 0 Å². The van der Waals surface area contributed by atoms with Crippen LogP contribution in [0.25, 0.3) is 0 Å². The van der Waals surface area contributed by atoms with E-state index in [4.69, 9.17) is 0 Å². The van der Waals surface area contributed by atoms with Crippen molar-refractivity contribution in [2.45, 2.75) is 38.8 Å². The predicted octanol–water partition coefficient (Wildman–Crippen LogP) is 2.69. The maximum atomic E-state index is 4.23. The second kappa shape index (κ2) is 7.26. The SMILES string of the molecule is Cn1cnnc1CN1CCC2(CCN(Cc3ccccc3)CC2)CC1. The fourth-order valence-electron chi connectivity index (χ4n) is 4.36. The molecule has 0 saturated carbocycles. The summed E-state index contributed by atoms with van der Waals surface area (Å²) in [6, 6.07) is 10.9. The van der Waals surface area contributed by atoms with Crippen molar-refractivity contribution in [2.24, 2.45) is 12.5 Å². The van der Waals surface area contributed by atoms with Gasteiger partial charge in [0.05, 0.1) is 6.54 Å². The molecule has 2 aromatic rings. The van der Waals surface area contributed by atoms with Crippen LogP contribution in [0.3, 0.4) is 0 Å². The van der Waals surface area contributed by atoms with Gasteiger partial charge in [0.15, 0.2) is 0 Å². The highest BCUT2D eigenvalue weighted by Gasteiger charge is 2.37. The average Bonchev–Trinajstić information content (AvgIpc) is 3.05. The Morgan fingerprint density at radius 1 is 0.880 bits per heavy atom. The maximum Gasteiger partial charge on any atom is 0.146 e. The molecule has 0 unspecified atom stereocenters. The van der Waals surface area contributed by atoms with E-state index >= 15 is 0 Å². The lowest BCUT2D eigenvalue weighted by atomic mass is 9.71. The van der Waals surface area contributed by atoms with Crippen LogP contribution in [0.4, 0.5) is 0 Å². The van der Waals surface area contributed by atoms with Crippen LogP contribution in [0.1, 0.15) is 37.1 Å². The molecular weight excluding hydrogens is 310 g/mol. The van der Waals surface area contributed by atoms with Crippen molar-refractivity contribution in [3.05, 3.63) is 48.0 Å².